The molecule has 2 aromatic rings. The lowest BCUT2D eigenvalue weighted by molar-refractivity contribution is -0.122. The maximum atomic E-state index is 14.0. The van der Waals surface area contributed by atoms with Gasteiger partial charge in [0.05, 0.1) is 23.0 Å². The second-order valence-corrected chi connectivity index (χ2v) is 7.06. The van der Waals surface area contributed by atoms with E-state index in [4.69, 9.17) is 0 Å². The zero-order chi connectivity index (χ0) is 18.8. The fraction of sp³-hybridized carbons (Fsp3) is 0.333. The van der Waals surface area contributed by atoms with Crippen LogP contribution in [0, 0.1) is 11.7 Å². The molecule has 27 heavy (non-hydrogen) atoms. The summed E-state index contributed by atoms with van der Waals surface area (Å²) in [7, 11) is 0. The second kappa shape index (κ2) is 7.39. The number of halogens is 1. The molecular formula is C21H22FN3O2. The highest BCUT2D eigenvalue weighted by atomic mass is 19.1. The van der Waals surface area contributed by atoms with E-state index in [2.05, 4.69) is 10.2 Å². The Morgan fingerprint density at radius 2 is 1.67 bits per heavy atom. The number of amides is 2. The highest BCUT2D eigenvalue weighted by Crippen LogP contribution is 2.31. The van der Waals surface area contributed by atoms with Crippen molar-refractivity contribution >= 4 is 28.9 Å². The van der Waals surface area contributed by atoms with Gasteiger partial charge in [-0.05, 0) is 37.1 Å². The Bertz CT molecular complexity index is 864. The Hall–Kier alpha value is -2.89. The lowest BCUT2D eigenvalue weighted by atomic mass is 10.1. The highest BCUT2D eigenvalue weighted by molar-refractivity contribution is 6.04. The molecule has 0 aromatic heterocycles. The van der Waals surface area contributed by atoms with E-state index >= 15 is 0 Å². The van der Waals surface area contributed by atoms with E-state index in [-0.39, 0.29) is 30.5 Å². The van der Waals surface area contributed by atoms with Crippen molar-refractivity contribution in [3.05, 3.63) is 54.3 Å². The van der Waals surface area contributed by atoms with E-state index in [0.717, 1.165) is 37.3 Å². The van der Waals surface area contributed by atoms with Crippen molar-refractivity contribution in [3.63, 3.8) is 0 Å². The van der Waals surface area contributed by atoms with Crippen LogP contribution in [0.2, 0.25) is 0 Å². The number of rotatable bonds is 4. The highest BCUT2D eigenvalue weighted by Gasteiger charge is 2.36. The van der Waals surface area contributed by atoms with Crippen molar-refractivity contribution in [3.8, 4) is 0 Å². The fourth-order valence-corrected chi connectivity index (χ4v) is 3.83. The lowest BCUT2D eigenvalue weighted by Gasteiger charge is -2.22. The van der Waals surface area contributed by atoms with Crippen molar-refractivity contribution in [1.29, 1.82) is 0 Å². The molecule has 2 fully saturated rings. The van der Waals surface area contributed by atoms with Crippen LogP contribution < -0.4 is 15.1 Å². The largest absolute Gasteiger partial charge is 0.370 e. The summed E-state index contributed by atoms with van der Waals surface area (Å²) in [4.78, 5) is 28.8. The van der Waals surface area contributed by atoms with Crippen molar-refractivity contribution in [2.75, 3.05) is 34.8 Å². The summed E-state index contributed by atoms with van der Waals surface area (Å²) in [6.07, 6.45) is 2.39. The Morgan fingerprint density at radius 1 is 1.00 bits per heavy atom. The van der Waals surface area contributed by atoms with E-state index in [9.17, 15) is 14.0 Å². The molecule has 5 nitrogen and oxygen atoms in total. The van der Waals surface area contributed by atoms with Gasteiger partial charge >= 0.3 is 0 Å². The van der Waals surface area contributed by atoms with Crippen molar-refractivity contribution < 1.29 is 14.0 Å². The normalized spacial score (nSPS) is 19.6. The summed E-state index contributed by atoms with van der Waals surface area (Å²) < 4.78 is 14.0. The van der Waals surface area contributed by atoms with Gasteiger partial charge in [-0.15, -0.1) is 0 Å². The van der Waals surface area contributed by atoms with Crippen LogP contribution in [0.15, 0.2) is 48.5 Å². The third kappa shape index (κ3) is 3.52. The zero-order valence-electron chi connectivity index (χ0n) is 15.0. The summed E-state index contributed by atoms with van der Waals surface area (Å²) in [6, 6.07) is 13.9. The number of hydrogen-bond acceptors (Lipinski definition) is 3. The number of carbonyl (C=O) groups excluding carboxylic acids is 2. The summed E-state index contributed by atoms with van der Waals surface area (Å²) in [5.41, 5.74) is 2.01. The Morgan fingerprint density at radius 3 is 2.41 bits per heavy atom. The maximum Gasteiger partial charge on any atom is 0.229 e. The minimum Gasteiger partial charge on any atom is -0.370 e. The van der Waals surface area contributed by atoms with E-state index < -0.39 is 11.7 Å². The molecule has 2 heterocycles. The molecule has 2 saturated heterocycles. The average Bonchev–Trinajstić information content (AvgIpc) is 3.33. The van der Waals surface area contributed by atoms with Gasteiger partial charge in [0, 0.05) is 26.1 Å². The van der Waals surface area contributed by atoms with Gasteiger partial charge in [0.1, 0.15) is 5.82 Å². The molecule has 0 spiro atoms. The molecule has 2 aliphatic rings. The van der Waals surface area contributed by atoms with Crippen LogP contribution in [0.4, 0.5) is 21.5 Å². The zero-order valence-corrected chi connectivity index (χ0v) is 15.0. The minimum atomic E-state index is -0.497. The van der Waals surface area contributed by atoms with Gasteiger partial charge in [0.25, 0.3) is 0 Å². The predicted octanol–water partition coefficient (Wildman–Crippen LogP) is 3.42. The maximum absolute atomic E-state index is 14.0. The number of benzene rings is 2. The summed E-state index contributed by atoms with van der Waals surface area (Å²) in [6.45, 7) is 2.16. The summed E-state index contributed by atoms with van der Waals surface area (Å²) in [5.74, 6) is -1.38. The molecular weight excluding hydrogens is 345 g/mol. The molecule has 2 amide bonds. The number of nitrogens with one attached hydrogen (secondary N) is 1. The number of para-hydroxylation sites is 3. The molecule has 0 saturated carbocycles. The third-order valence-corrected chi connectivity index (χ3v) is 5.25. The molecule has 0 aliphatic carbocycles. The number of hydrogen-bond donors (Lipinski definition) is 1. The Labute approximate surface area is 157 Å². The molecule has 2 aliphatic heterocycles. The van der Waals surface area contributed by atoms with Gasteiger partial charge < -0.3 is 15.1 Å². The summed E-state index contributed by atoms with van der Waals surface area (Å²) >= 11 is 0. The van der Waals surface area contributed by atoms with Crippen molar-refractivity contribution in [2.45, 2.75) is 19.3 Å². The van der Waals surface area contributed by atoms with E-state index in [1.165, 1.54) is 11.0 Å². The average molecular weight is 367 g/mol. The first-order valence-corrected chi connectivity index (χ1v) is 9.33. The van der Waals surface area contributed by atoms with Crippen LogP contribution in [-0.4, -0.2) is 31.4 Å². The van der Waals surface area contributed by atoms with Crippen molar-refractivity contribution in [2.24, 2.45) is 5.92 Å². The van der Waals surface area contributed by atoms with Crippen molar-refractivity contribution in [1.82, 2.24) is 0 Å². The lowest BCUT2D eigenvalue weighted by Crippen LogP contribution is -2.29. The van der Waals surface area contributed by atoms with Gasteiger partial charge in [-0.3, -0.25) is 9.59 Å². The molecule has 1 N–H and O–H groups in total. The van der Waals surface area contributed by atoms with Crippen LogP contribution in [0.1, 0.15) is 19.3 Å². The number of anilines is 3. The molecule has 1 atom stereocenters. The SMILES string of the molecule is O=C(Nc1ccccc1N1CCCC1)C1CC(=O)N(c2ccccc2F)C1. The monoisotopic (exact) mass is 367 g/mol. The number of nitrogens with zero attached hydrogens (tertiary/aromatic N) is 2. The Balaban J connectivity index is 1.49. The van der Waals surface area contributed by atoms with E-state index in [0.29, 0.717) is 0 Å². The molecule has 4 rings (SSSR count). The van der Waals surface area contributed by atoms with Crippen LogP contribution in [0.25, 0.3) is 0 Å². The van der Waals surface area contributed by atoms with Gasteiger partial charge in [-0.1, -0.05) is 24.3 Å². The first-order valence-electron chi connectivity index (χ1n) is 9.33. The van der Waals surface area contributed by atoms with Gasteiger partial charge in [0.15, 0.2) is 0 Å². The smallest absolute Gasteiger partial charge is 0.229 e. The molecule has 140 valence electrons. The van der Waals surface area contributed by atoms with E-state index in [1.807, 2.05) is 24.3 Å². The standard InChI is InChI=1S/C21H22FN3O2/c22-16-7-1-3-9-18(16)25-14-15(13-20(25)26)21(27)23-17-8-2-4-10-19(17)24-11-5-6-12-24/h1-4,7-10,15H,5-6,11-14H2,(H,23,27). The Kier molecular flexibility index (Phi) is 4.79. The fourth-order valence-electron chi connectivity index (χ4n) is 3.83. The minimum absolute atomic E-state index is 0.0893. The van der Waals surface area contributed by atoms with Gasteiger partial charge in [-0.25, -0.2) is 4.39 Å². The van der Waals surface area contributed by atoms with Crippen LogP contribution in [0.5, 0.6) is 0 Å². The van der Waals surface area contributed by atoms with Crippen LogP contribution in [-0.2, 0) is 9.59 Å². The van der Waals surface area contributed by atoms with E-state index in [1.54, 1.807) is 18.2 Å². The molecule has 0 radical (unpaired) electrons. The molecule has 6 heteroatoms. The first kappa shape index (κ1) is 17.5. The quantitative estimate of drug-likeness (QED) is 0.901. The third-order valence-electron chi connectivity index (χ3n) is 5.25. The van der Waals surface area contributed by atoms with Crippen LogP contribution >= 0.6 is 0 Å². The van der Waals surface area contributed by atoms with Gasteiger partial charge in [0.2, 0.25) is 11.8 Å². The summed E-state index contributed by atoms with van der Waals surface area (Å²) in [5, 5.41) is 2.98. The first-order chi connectivity index (χ1) is 13.1. The van der Waals surface area contributed by atoms with Crippen LogP contribution in [0.3, 0.4) is 0 Å². The molecule has 0 bridgehead atoms. The second-order valence-electron chi connectivity index (χ2n) is 7.06. The predicted molar refractivity (Wildman–Crippen MR) is 103 cm³/mol. The number of carbonyl (C=O) groups is 2. The topological polar surface area (TPSA) is 52.7 Å². The molecule has 2 aromatic carbocycles. The molecule has 1 unspecified atom stereocenters. The van der Waals surface area contributed by atoms with Gasteiger partial charge in [-0.2, -0.15) is 0 Å².